The Labute approximate surface area is 164 Å². The standard InChI is InChI=1S/C20H38N4O3/c1-8-15(6)18(22-17(25)11-13(2)3)19(26)23-9-10-24(16(7)12-23)20(27)21-14(4)5/h13-16,18H,8-12H2,1-7H3,(H,21,27)(H,22,25). The molecule has 0 saturated carbocycles. The van der Waals surface area contributed by atoms with Crippen LogP contribution in [0, 0.1) is 11.8 Å². The number of nitrogens with zero attached hydrogens (tertiary/aromatic N) is 2. The number of urea groups is 1. The van der Waals surface area contributed by atoms with Gasteiger partial charge in [-0.05, 0) is 32.6 Å². The molecule has 0 aliphatic carbocycles. The second-order valence-corrected chi connectivity index (χ2v) is 8.46. The van der Waals surface area contributed by atoms with E-state index < -0.39 is 6.04 Å². The van der Waals surface area contributed by atoms with Crippen molar-refractivity contribution in [2.24, 2.45) is 11.8 Å². The highest BCUT2D eigenvalue weighted by Gasteiger charge is 2.35. The summed E-state index contributed by atoms with van der Waals surface area (Å²) >= 11 is 0. The van der Waals surface area contributed by atoms with Crippen LogP contribution in [0.1, 0.15) is 61.3 Å². The lowest BCUT2D eigenvalue weighted by Crippen LogP contribution is -2.61. The van der Waals surface area contributed by atoms with Crippen LogP contribution in [0.3, 0.4) is 0 Å². The molecule has 7 heteroatoms. The van der Waals surface area contributed by atoms with E-state index in [1.165, 1.54) is 0 Å². The number of piperazine rings is 1. The molecular formula is C20H38N4O3. The van der Waals surface area contributed by atoms with Crippen molar-refractivity contribution >= 4 is 17.8 Å². The van der Waals surface area contributed by atoms with Crippen LogP contribution in [0.2, 0.25) is 0 Å². The number of rotatable bonds is 7. The maximum atomic E-state index is 13.1. The SMILES string of the molecule is CCC(C)C(NC(=O)CC(C)C)C(=O)N1CCN(C(=O)NC(C)C)C(C)C1. The molecule has 1 aliphatic heterocycles. The van der Waals surface area contributed by atoms with E-state index in [1.54, 1.807) is 9.80 Å². The predicted molar refractivity (Wildman–Crippen MR) is 107 cm³/mol. The lowest BCUT2D eigenvalue weighted by atomic mass is 9.96. The highest BCUT2D eigenvalue weighted by molar-refractivity contribution is 5.88. The molecule has 1 aliphatic rings. The summed E-state index contributed by atoms with van der Waals surface area (Å²) in [4.78, 5) is 41.2. The highest BCUT2D eigenvalue weighted by atomic mass is 16.2. The van der Waals surface area contributed by atoms with Crippen LogP contribution in [0.25, 0.3) is 0 Å². The van der Waals surface area contributed by atoms with Gasteiger partial charge in [0.15, 0.2) is 0 Å². The van der Waals surface area contributed by atoms with Gasteiger partial charge in [0.1, 0.15) is 6.04 Å². The second-order valence-electron chi connectivity index (χ2n) is 8.46. The smallest absolute Gasteiger partial charge is 0.317 e. The fraction of sp³-hybridized carbons (Fsp3) is 0.850. The Morgan fingerprint density at radius 1 is 1.04 bits per heavy atom. The first-order valence-electron chi connectivity index (χ1n) is 10.2. The topological polar surface area (TPSA) is 81.8 Å². The number of hydrogen-bond donors (Lipinski definition) is 2. The minimum atomic E-state index is -0.510. The lowest BCUT2D eigenvalue weighted by Gasteiger charge is -2.41. The summed E-state index contributed by atoms with van der Waals surface area (Å²) in [5, 5.41) is 5.86. The van der Waals surface area contributed by atoms with Crippen LogP contribution in [0.15, 0.2) is 0 Å². The molecule has 0 bridgehead atoms. The Kier molecular flexibility index (Phi) is 9.06. The molecule has 3 unspecified atom stereocenters. The van der Waals surface area contributed by atoms with Gasteiger partial charge in [0.05, 0.1) is 0 Å². The average Bonchev–Trinajstić information content (AvgIpc) is 2.56. The van der Waals surface area contributed by atoms with E-state index in [0.29, 0.717) is 26.1 Å². The van der Waals surface area contributed by atoms with E-state index in [2.05, 4.69) is 10.6 Å². The Hall–Kier alpha value is -1.79. The predicted octanol–water partition coefficient (Wildman–Crippen LogP) is 2.21. The molecule has 0 aromatic heterocycles. The molecule has 1 rings (SSSR count). The highest BCUT2D eigenvalue weighted by Crippen LogP contribution is 2.16. The van der Waals surface area contributed by atoms with Crippen LogP contribution in [-0.4, -0.2) is 65.4 Å². The summed E-state index contributed by atoms with van der Waals surface area (Å²) < 4.78 is 0. The first-order valence-corrected chi connectivity index (χ1v) is 10.2. The molecular weight excluding hydrogens is 344 g/mol. The minimum absolute atomic E-state index is 0.0442. The molecule has 27 heavy (non-hydrogen) atoms. The van der Waals surface area contributed by atoms with E-state index in [0.717, 1.165) is 6.42 Å². The Bertz CT molecular complexity index is 521. The van der Waals surface area contributed by atoms with Crippen molar-refractivity contribution in [2.45, 2.75) is 79.4 Å². The third-order valence-corrected chi connectivity index (χ3v) is 5.00. The third-order valence-electron chi connectivity index (χ3n) is 5.00. The van der Waals surface area contributed by atoms with Gasteiger partial charge in [0.2, 0.25) is 11.8 Å². The summed E-state index contributed by atoms with van der Waals surface area (Å²) in [6, 6.07) is -0.585. The van der Waals surface area contributed by atoms with Crippen LogP contribution in [-0.2, 0) is 9.59 Å². The van der Waals surface area contributed by atoms with Crippen LogP contribution < -0.4 is 10.6 Å². The van der Waals surface area contributed by atoms with E-state index in [1.807, 2.05) is 48.5 Å². The molecule has 2 N–H and O–H groups in total. The Morgan fingerprint density at radius 2 is 1.67 bits per heavy atom. The molecule has 0 radical (unpaired) electrons. The number of carbonyl (C=O) groups excluding carboxylic acids is 3. The van der Waals surface area contributed by atoms with Crippen LogP contribution >= 0.6 is 0 Å². The van der Waals surface area contributed by atoms with Crippen molar-refractivity contribution < 1.29 is 14.4 Å². The van der Waals surface area contributed by atoms with Crippen LogP contribution in [0.4, 0.5) is 4.79 Å². The average molecular weight is 383 g/mol. The molecule has 1 saturated heterocycles. The second kappa shape index (κ2) is 10.5. The fourth-order valence-corrected chi connectivity index (χ4v) is 3.27. The van der Waals surface area contributed by atoms with Gasteiger partial charge in [-0.1, -0.05) is 34.1 Å². The van der Waals surface area contributed by atoms with Gasteiger partial charge in [-0.15, -0.1) is 0 Å². The number of nitrogens with one attached hydrogen (secondary N) is 2. The van der Waals surface area contributed by atoms with Gasteiger partial charge in [0.25, 0.3) is 0 Å². The van der Waals surface area contributed by atoms with Gasteiger partial charge in [-0.2, -0.15) is 0 Å². The summed E-state index contributed by atoms with van der Waals surface area (Å²) in [6.07, 6.45) is 1.23. The van der Waals surface area contributed by atoms with Crippen molar-refractivity contribution in [3.8, 4) is 0 Å². The Morgan fingerprint density at radius 3 is 2.15 bits per heavy atom. The normalized spacial score (nSPS) is 19.8. The van der Waals surface area contributed by atoms with E-state index in [4.69, 9.17) is 0 Å². The molecule has 0 aromatic carbocycles. The monoisotopic (exact) mass is 382 g/mol. The van der Waals surface area contributed by atoms with Crippen molar-refractivity contribution in [2.75, 3.05) is 19.6 Å². The first-order chi connectivity index (χ1) is 12.6. The summed E-state index contributed by atoms with van der Waals surface area (Å²) in [5.41, 5.74) is 0. The van der Waals surface area contributed by atoms with Gasteiger partial charge in [-0.25, -0.2) is 4.79 Å². The summed E-state index contributed by atoms with van der Waals surface area (Å²) in [5.74, 6) is 0.191. The molecule has 0 aromatic rings. The molecule has 4 amide bonds. The molecule has 3 atom stereocenters. The maximum absolute atomic E-state index is 13.1. The first kappa shape index (κ1) is 23.2. The van der Waals surface area contributed by atoms with E-state index in [9.17, 15) is 14.4 Å². The van der Waals surface area contributed by atoms with Crippen molar-refractivity contribution in [1.82, 2.24) is 20.4 Å². The van der Waals surface area contributed by atoms with Gasteiger partial charge < -0.3 is 20.4 Å². The largest absolute Gasteiger partial charge is 0.344 e. The molecule has 1 heterocycles. The maximum Gasteiger partial charge on any atom is 0.317 e. The fourth-order valence-electron chi connectivity index (χ4n) is 3.27. The lowest BCUT2D eigenvalue weighted by molar-refractivity contribution is -0.140. The quantitative estimate of drug-likeness (QED) is 0.708. The Balaban J connectivity index is 2.77. The third kappa shape index (κ3) is 7.03. The number of amides is 4. The van der Waals surface area contributed by atoms with Gasteiger partial charge in [0, 0.05) is 38.1 Å². The van der Waals surface area contributed by atoms with Gasteiger partial charge >= 0.3 is 6.03 Å². The summed E-state index contributed by atoms with van der Waals surface area (Å²) in [6.45, 7) is 15.3. The molecule has 156 valence electrons. The minimum Gasteiger partial charge on any atom is -0.344 e. The molecule has 1 fully saturated rings. The zero-order valence-electron chi connectivity index (χ0n) is 18.0. The molecule has 7 nitrogen and oxygen atoms in total. The summed E-state index contributed by atoms with van der Waals surface area (Å²) in [7, 11) is 0. The zero-order valence-corrected chi connectivity index (χ0v) is 18.0. The van der Waals surface area contributed by atoms with Crippen molar-refractivity contribution in [3.05, 3.63) is 0 Å². The van der Waals surface area contributed by atoms with Crippen molar-refractivity contribution in [1.29, 1.82) is 0 Å². The number of hydrogen-bond acceptors (Lipinski definition) is 3. The zero-order chi connectivity index (χ0) is 20.7. The van der Waals surface area contributed by atoms with Gasteiger partial charge in [-0.3, -0.25) is 9.59 Å². The van der Waals surface area contributed by atoms with E-state index in [-0.39, 0.29) is 41.8 Å². The molecule has 0 spiro atoms. The van der Waals surface area contributed by atoms with E-state index >= 15 is 0 Å². The van der Waals surface area contributed by atoms with Crippen molar-refractivity contribution in [3.63, 3.8) is 0 Å². The van der Waals surface area contributed by atoms with Crippen LogP contribution in [0.5, 0.6) is 0 Å². The number of carbonyl (C=O) groups is 3.